The van der Waals surface area contributed by atoms with Gasteiger partial charge >= 0.3 is 0 Å². The van der Waals surface area contributed by atoms with Crippen molar-refractivity contribution in [3.8, 4) is 0 Å². The molecule has 1 heterocycles. The zero-order valence-electron chi connectivity index (χ0n) is 7.92. The predicted molar refractivity (Wildman–Crippen MR) is 50.4 cm³/mol. The topological polar surface area (TPSA) is 44.7 Å². The van der Waals surface area contributed by atoms with Gasteiger partial charge in [-0.05, 0) is 18.8 Å². The highest BCUT2D eigenvalue weighted by molar-refractivity contribution is 6.40. The summed E-state index contributed by atoms with van der Waals surface area (Å²) in [6.45, 7) is 1.74. The van der Waals surface area contributed by atoms with Crippen molar-refractivity contribution in [1.29, 1.82) is 0 Å². The molecule has 0 bridgehead atoms. The molecule has 0 radical (unpaired) electrons. The minimum Gasteiger partial charge on any atom is -0.340 e. The Balaban J connectivity index is 1.81. The summed E-state index contributed by atoms with van der Waals surface area (Å²) in [4.78, 5) is 13.1. The molecular formula is C9H15N3O. The van der Waals surface area contributed by atoms with Gasteiger partial charge in [0.05, 0.1) is 0 Å². The second-order valence-electron chi connectivity index (χ2n) is 3.84. The van der Waals surface area contributed by atoms with Crippen LogP contribution in [0, 0.1) is 5.92 Å². The Hall–Kier alpha value is -1.06. The molecule has 1 N–H and O–H groups in total. The molecule has 2 rings (SSSR count). The van der Waals surface area contributed by atoms with Crippen LogP contribution in [0.15, 0.2) is 5.10 Å². The second kappa shape index (κ2) is 3.36. The van der Waals surface area contributed by atoms with Crippen molar-refractivity contribution in [2.45, 2.75) is 19.3 Å². The maximum atomic E-state index is 11.4. The first kappa shape index (κ1) is 8.53. The molecule has 1 saturated carbocycles. The van der Waals surface area contributed by atoms with Gasteiger partial charge in [-0.3, -0.25) is 4.79 Å². The van der Waals surface area contributed by atoms with E-state index in [9.17, 15) is 4.79 Å². The molecule has 4 heteroatoms. The second-order valence-corrected chi connectivity index (χ2v) is 3.84. The lowest BCUT2D eigenvalue weighted by Gasteiger charge is -2.04. The first-order chi connectivity index (χ1) is 6.27. The summed E-state index contributed by atoms with van der Waals surface area (Å²) >= 11 is 0. The van der Waals surface area contributed by atoms with E-state index >= 15 is 0 Å². The average molecular weight is 181 g/mol. The highest BCUT2D eigenvalue weighted by Crippen LogP contribution is 2.27. The van der Waals surface area contributed by atoms with Crippen molar-refractivity contribution in [2.24, 2.45) is 11.0 Å². The SMILES string of the molecule is CN1CC/C(=N\NCC2CC2)C1=O. The summed E-state index contributed by atoms with van der Waals surface area (Å²) in [7, 11) is 1.81. The van der Waals surface area contributed by atoms with Gasteiger partial charge in [0.2, 0.25) is 0 Å². The number of rotatable bonds is 3. The maximum Gasteiger partial charge on any atom is 0.269 e. The van der Waals surface area contributed by atoms with Crippen molar-refractivity contribution in [2.75, 3.05) is 20.1 Å². The molecule has 0 aromatic rings. The van der Waals surface area contributed by atoms with Crippen LogP contribution in [0.1, 0.15) is 19.3 Å². The number of hydrogen-bond acceptors (Lipinski definition) is 3. The minimum atomic E-state index is 0.0725. The molecular weight excluding hydrogens is 166 g/mol. The molecule has 2 aliphatic rings. The number of nitrogens with one attached hydrogen (secondary N) is 1. The van der Waals surface area contributed by atoms with Gasteiger partial charge in [-0.25, -0.2) is 0 Å². The van der Waals surface area contributed by atoms with Crippen LogP contribution in [0.4, 0.5) is 0 Å². The monoisotopic (exact) mass is 181 g/mol. The van der Waals surface area contributed by atoms with E-state index in [2.05, 4.69) is 10.5 Å². The number of carbonyl (C=O) groups excluding carboxylic acids is 1. The first-order valence-electron chi connectivity index (χ1n) is 4.82. The molecule has 0 aromatic heterocycles. The molecule has 2 fully saturated rings. The molecule has 0 spiro atoms. The van der Waals surface area contributed by atoms with Crippen LogP contribution in [0.25, 0.3) is 0 Å². The lowest BCUT2D eigenvalue weighted by atomic mass is 10.3. The number of hydrazone groups is 1. The van der Waals surface area contributed by atoms with Gasteiger partial charge in [-0.15, -0.1) is 0 Å². The standard InChI is InChI=1S/C9H15N3O/c1-12-5-4-8(9(12)13)11-10-6-7-2-3-7/h7,10H,2-6H2,1H3/b11-8+. The van der Waals surface area contributed by atoms with Crippen LogP contribution in [0.5, 0.6) is 0 Å². The Bertz CT molecular complexity index is 245. The van der Waals surface area contributed by atoms with E-state index in [0.717, 1.165) is 25.4 Å². The summed E-state index contributed by atoms with van der Waals surface area (Å²) < 4.78 is 0. The third-order valence-electron chi connectivity index (χ3n) is 2.57. The molecule has 13 heavy (non-hydrogen) atoms. The molecule has 0 aromatic carbocycles. The Labute approximate surface area is 78.0 Å². The fourth-order valence-electron chi connectivity index (χ4n) is 1.40. The third-order valence-corrected chi connectivity index (χ3v) is 2.57. The lowest BCUT2D eigenvalue weighted by molar-refractivity contribution is -0.121. The van der Waals surface area contributed by atoms with Gasteiger partial charge in [0.1, 0.15) is 5.71 Å². The predicted octanol–water partition coefficient (Wildman–Crippen LogP) is 0.204. The Kier molecular flexibility index (Phi) is 2.20. The molecule has 4 nitrogen and oxygen atoms in total. The van der Waals surface area contributed by atoms with Crippen molar-refractivity contribution in [3.05, 3.63) is 0 Å². The highest BCUT2D eigenvalue weighted by Gasteiger charge is 2.25. The van der Waals surface area contributed by atoms with Crippen molar-refractivity contribution in [3.63, 3.8) is 0 Å². The van der Waals surface area contributed by atoms with Crippen LogP contribution < -0.4 is 5.43 Å². The third kappa shape index (κ3) is 1.99. The molecule has 1 aliphatic carbocycles. The number of likely N-dealkylation sites (tertiary alicyclic amines) is 1. The van der Waals surface area contributed by atoms with Gasteiger partial charge in [0.15, 0.2) is 0 Å². The van der Waals surface area contributed by atoms with Gasteiger partial charge < -0.3 is 10.3 Å². The van der Waals surface area contributed by atoms with E-state index in [1.807, 2.05) is 7.05 Å². The minimum absolute atomic E-state index is 0.0725. The number of nitrogens with zero attached hydrogens (tertiary/aromatic N) is 2. The number of amides is 1. The summed E-state index contributed by atoms with van der Waals surface area (Å²) in [5, 5.41) is 4.11. The van der Waals surface area contributed by atoms with E-state index in [0.29, 0.717) is 5.71 Å². The Morgan fingerprint density at radius 2 is 2.38 bits per heavy atom. The number of hydrogen-bond donors (Lipinski definition) is 1. The van der Waals surface area contributed by atoms with Gasteiger partial charge in [-0.1, -0.05) is 0 Å². The normalized spacial score (nSPS) is 25.8. The first-order valence-corrected chi connectivity index (χ1v) is 4.82. The lowest BCUT2D eigenvalue weighted by Crippen LogP contribution is -2.24. The van der Waals surface area contributed by atoms with Crippen LogP contribution >= 0.6 is 0 Å². The fourth-order valence-corrected chi connectivity index (χ4v) is 1.40. The zero-order chi connectivity index (χ0) is 9.26. The summed E-state index contributed by atoms with van der Waals surface area (Å²) in [5.41, 5.74) is 3.66. The molecule has 0 unspecified atom stereocenters. The van der Waals surface area contributed by atoms with E-state index in [1.54, 1.807) is 4.90 Å². The van der Waals surface area contributed by atoms with Crippen LogP contribution in [0.3, 0.4) is 0 Å². The van der Waals surface area contributed by atoms with E-state index in [-0.39, 0.29) is 5.91 Å². The average Bonchev–Trinajstić information content (AvgIpc) is 2.88. The van der Waals surface area contributed by atoms with E-state index in [1.165, 1.54) is 12.8 Å². The van der Waals surface area contributed by atoms with E-state index < -0.39 is 0 Å². The quantitative estimate of drug-likeness (QED) is 0.632. The zero-order valence-corrected chi connectivity index (χ0v) is 7.92. The molecule has 1 amide bonds. The molecule has 1 saturated heterocycles. The molecule has 72 valence electrons. The highest BCUT2D eigenvalue weighted by atomic mass is 16.2. The van der Waals surface area contributed by atoms with Crippen LogP contribution in [-0.2, 0) is 4.79 Å². The van der Waals surface area contributed by atoms with Crippen molar-refractivity contribution in [1.82, 2.24) is 10.3 Å². The summed E-state index contributed by atoms with van der Waals surface area (Å²) in [6, 6.07) is 0. The van der Waals surface area contributed by atoms with Gasteiger partial charge in [0.25, 0.3) is 5.91 Å². The summed E-state index contributed by atoms with van der Waals surface area (Å²) in [6.07, 6.45) is 3.41. The number of carbonyl (C=O) groups is 1. The van der Waals surface area contributed by atoms with E-state index in [4.69, 9.17) is 0 Å². The largest absolute Gasteiger partial charge is 0.340 e. The Morgan fingerprint density at radius 1 is 1.62 bits per heavy atom. The van der Waals surface area contributed by atoms with Gasteiger partial charge in [-0.2, -0.15) is 5.10 Å². The fraction of sp³-hybridized carbons (Fsp3) is 0.778. The smallest absolute Gasteiger partial charge is 0.269 e. The summed E-state index contributed by atoms with van der Waals surface area (Å²) in [5.74, 6) is 0.877. The van der Waals surface area contributed by atoms with Crippen LogP contribution in [0.2, 0.25) is 0 Å². The van der Waals surface area contributed by atoms with Crippen molar-refractivity contribution >= 4 is 11.6 Å². The van der Waals surface area contributed by atoms with Crippen molar-refractivity contribution < 1.29 is 4.79 Å². The van der Waals surface area contributed by atoms with Gasteiger partial charge in [0, 0.05) is 26.6 Å². The Morgan fingerprint density at radius 3 is 2.92 bits per heavy atom. The molecule has 1 aliphatic heterocycles. The van der Waals surface area contributed by atoms with Crippen LogP contribution in [-0.4, -0.2) is 36.7 Å². The maximum absolute atomic E-state index is 11.4. The molecule has 0 atom stereocenters.